The first-order valence-corrected chi connectivity index (χ1v) is 8.22. The molecule has 1 aromatic rings. The van der Waals surface area contributed by atoms with Crippen LogP contribution in [0.2, 0.25) is 0 Å². The first kappa shape index (κ1) is 15.9. The quantitative estimate of drug-likeness (QED) is 0.820. The lowest BCUT2D eigenvalue weighted by Crippen LogP contribution is -2.52. The zero-order chi connectivity index (χ0) is 15.5. The van der Waals surface area contributed by atoms with Gasteiger partial charge in [0.25, 0.3) is 10.2 Å². The van der Waals surface area contributed by atoms with E-state index >= 15 is 0 Å². The van der Waals surface area contributed by atoms with E-state index in [1.807, 2.05) is 35.2 Å². The number of nitriles is 1. The maximum absolute atomic E-state index is 12.1. The van der Waals surface area contributed by atoms with Gasteiger partial charge in [-0.2, -0.15) is 22.3 Å². The third-order valence-electron chi connectivity index (χ3n) is 3.66. The van der Waals surface area contributed by atoms with Gasteiger partial charge in [0.1, 0.15) is 6.04 Å². The predicted molar refractivity (Wildman–Crippen MR) is 80.5 cm³/mol. The summed E-state index contributed by atoms with van der Waals surface area (Å²) in [6.45, 7) is 1.93. The van der Waals surface area contributed by atoms with Gasteiger partial charge in [0.2, 0.25) is 0 Å². The molecule has 0 amide bonds. The second-order valence-electron chi connectivity index (χ2n) is 5.17. The number of hydrogen-bond acceptors (Lipinski definition) is 4. The van der Waals surface area contributed by atoms with Crippen LogP contribution >= 0.6 is 0 Å². The van der Waals surface area contributed by atoms with Gasteiger partial charge in [-0.15, -0.1) is 0 Å². The molecule has 7 heteroatoms. The average Bonchev–Trinajstić information content (AvgIpc) is 2.49. The van der Waals surface area contributed by atoms with Gasteiger partial charge in [-0.05, 0) is 5.56 Å². The maximum Gasteiger partial charge on any atom is 0.281 e. The Kier molecular flexibility index (Phi) is 4.96. The molecule has 1 fully saturated rings. The van der Waals surface area contributed by atoms with Crippen LogP contribution in [0.4, 0.5) is 0 Å². The Balaban J connectivity index is 2.06. The van der Waals surface area contributed by atoms with Gasteiger partial charge in [0.05, 0.1) is 6.07 Å². The smallest absolute Gasteiger partial charge is 0.281 e. The molecule has 1 saturated heterocycles. The zero-order valence-corrected chi connectivity index (χ0v) is 13.1. The third kappa shape index (κ3) is 3.41. The minimum atomic E-state index is -3.36. The van der Waals surface area contributed by atoms with Crippen molar-refractivity contribution < 1.29 is 8.42 Å². The van der Waals surface area contributed by atoms with Crippen LogP contribution in [-0.2, 0) is 10.2 Å². The molecule has 0 radical (unpaired) electrons. The summed E-state index contributed by atoms with van der Waals surface area (Å²) in [5.74, 6) is 0. The first-order valence-electron chi connectivity index (χ1n) is 6.83. The van der Waals surface area contributed by atoms with E-state index in [4.69, 9.17) is 0 Å². The number of hydrogen-bond donors (Lipinski definition) is 0. The van der Waals surface area contributed by atoms with Crippen molar-refractivity contribution in [1.29, 1.82) is 5.26 Å². The molecule has 6 nitrogen and oxygen atoms in total. The minimum absolute atomic E-state index is 0.324. The Labute approximate surface area is 126 Å². The minimum Gasteiger partial charge on any atom is -0.282 e. The highest BCUT2D eigenvalue weighted by Crippen LogP contribution is 2.22. The molecule has 0 spiro atoms. The van der Waals surface area contributed by atoms with E-state index in [9.17, 15) is 13.7 Å². The fraction of sp³-hybridized carbons (Fsp3) is 0.500. The zero-order valence-electron chi connectivity index (χ0n) is 12.3. The molecule has 0 saturated carbocycles. The summed E-state index contributed by atoms with van der Waals surface area (Å²) >= 11 is 0. The van der Waals surface area contributed by atoms with Crippen molar-refractivity contribution in [2.24, 2.45) is 0 Å². The van der Waals surface area contributed by atoms with E-state index in [0.717, 1.165) is 5.56 Å². The van der Waals surface area contributed by atoms with E-state index in [2.05, 4.69) is 6.07 Å². The second-order valence-corrected chi connectivity index (χ2v) is 7.31. The van der Waals surface area contributed by atoms with Crippen molar-refractivity contribution >= 4 is 10.2 Å². The molecule has 21 heavy (non-hydrogen) atoms. The summed E-state index contributed by atoms with van der Waals surface area (Å²) in [6, 6.07) is 11.6. The van der Waals surface area contributed by atoms with E-state index in [0.29, 0.717) is 26.2 Å². The van der Waals surface area contributed by atoms with Crippen molar-refractivity contribution in [3.05, 3.63) is 35.9 Å². The van der Waals surface area contributed by atoms with Crippen LogP contribution in [0.3, 0.4) is 0 Å². The summed E-state index contributed by atoms with van der Waals surface area (Å²) in [6.07, 6.45) is 0. The first-order chi connectivity index (χ1) is 9.96. The van der Waals surface area contributed by atoms with Crippen molar-refractivity contribution in [2.75, 3.05) is 40.3 Å². The van der Waals surface area contributed by atoms with E-state index in [-0.39, 0.29) is 6.04 Å². The van der Waals surface area contributed by atoms with Crippen LogP contribution in [0.25, 0.3) is 0 Å². The fourth-order valence-corrected chi connectivity index (χ4v) is 3.51. The third-order valence-corrected chi connectivity index (χ3v) is 5.60. The molecule has 1 aliphatic heterocycles. The summed E-state index contributed by atoms with van der Waals surface area (Å²) in [7, 11) is -0.300. The lowest BCUT2D eigenvalue weighted by molar-refractivity contribution is 0.159. The van der Waals surface area contributed by atoms with Crippen molar-refractivity contribution in [1.82, 2.24) is 13.5 Å². The van der Waals surface area contributed by atoms with Crippen LogP contribution in [0.5, 0.6) is 0 Å². The molecule has 0 aromatic heterocycles. The number of rotatable bonds is 4. The monoisotopic (exact) mass is 308 g/mol. The Hall–Kier alpha value is -1.46. The van der Waals surface area contributed by atoms with Crippen LogP contribution in [0, 0.1) is 11.3 Å². The molecule has 1 unspecified atom stereocenters. The van der Waals surface area contributed by atoms with Gasteiger partial charge in [-0.1, -0.05) is 30.3 Å². The van der Waals surface area contributed by atoms with E-state index in [1.54, 1.807) is 0 Å². The van der Waals surface area contributed by atoms with Crippen molar-refractivity contribution in [3.8, 4) is 6.07 Å². The molecule has 1 aliphatic rings. The van der Waals surface area contributed by atoms with Gasteiger partial charge >= 0.3 is 0 Å². The molecule has 114 valence electrons. The Morgan fingerprint density at radius 3 is 2.19 bits per heavy atom. The Bertz CT molecular complexity index is 602. The van der Waals surface area contributed by atoms with Crippen LogP contribution in [0.15, 0.2) is 30.3 Å². The lowest BCUT2D eigenvalue weighted by atomic mass is 10.1. The maximum atomic E-state index is 12.1. The van der Waals surface area contributed by atoms with Crippen LogP contribution in [-0.4, -0.2) is 62.2 Å². The SMILES string of the molecule is CN(C)S(=O)(=O)N1CCN(C(C#N)c2ccccc2)CC1. The topological polar surface area (TPSA) is 67.7 Å². The molecular formula is C14H20N4O2S. The summed E-state index contributed by atoms with van der Waals surface area (Å²) in [5, 5.41) is 9.41. The standard InChI is InChI=1S/C14H20N4O2S/c1-16(2)21(19,20)18-10-8-17(9-11-18)14(12-15)13-6-4-3-5-7-13/h3-7,14H,8-11H2,1-2H3. The van der Waals surface area contributed by atoms with Gasteiger partial charge < -0.3 is 0 Å². The summed E-state index contributed by atoms with van der Waals surface area (Å²) < 4.78 is 26.8. The van der Waals surface area contributed by atoms with Gasteiger partial charge in [-0.3, -0.25) is 4.90 Å². The lowest BCUT2D eigenvalue weighted by Gasteiger charge is -2.37. The Morgan fingerprint density at radius 1 is 1.14 bits per heavy atom. The Morgan fingerprint density at radius 2 is 1.71 bits per heavy atom. The van der Waals surface area contributed by atoms with E-state index < -0.39 is 10.2 Å². The normalized spacial score (nSPS) is 19.3. The van der Waals surface area contributed by atoms with Crippen molar-refractivity contribution in [3.63, 3.8) is 0 Å². The highest BCUT2D eigenvalue weighted by molar-refractivity contribution is 7.86. The van der Waals surface area contributed by atoms with Crippen LogP contribution in [0.1, 0.15) is 11.6 Å². The van der Waals surface area contributed by atoms with Crippen LogP contribution < -0.4 is 0 Å². The van der Waals surface area contributed by atoms with Gasteiger partial charge in [0, 0.05) is 40.3 Å². The number of benzene rings is 1. The van der Waals surface area contributed by atoms with E-state index in [1.165, 1.54) is 22.7 Å². The highest BCUT2D eigenvalue weighted by Gasteiger charge is 2.31. The van der Waals surface area contributed by atoms with Gasteiger partial charge in [-0.25, -0.2) is 0 Å². The summed E-state index contributed by atoms with van der Waals surface area (Å²) in [5.41, 5.74) is 0.948. The second kappa shape index (κ2) is 6.54. The van der Waals surface area contributed by atoms with Gasteiger partial charge in [0.15, 0.2) is 0 Å². The highest BCUT2D eigenvalue weighted by atomic mass is 32.2. The molecule has 1 heterocycles. The average molecular weight is 308 g/mol. The summed E-state index contributed by atoms with van der Waals surface area (Å²) in [4.78, 5) is 2.02. The molecule has 0 bridgehead atoms. The molecule has 0 aliphatic carbocycles. The number of nitrogens with zero attached hydrogens (tertiary/aromatic N) is 4. The predicted octanol–water partition coefficient (Wildman–Crippen LogP) is 0.675. The van der Waals surface area contributed by atoms with Crippen molar-refractivity contribution in [2.45, 2.75) is 6.04 Å². The number of piperazine rings is 1. The molecular weight excluding hydrogens is 288 g/mol. The molecule has 2 rings (SSSR count). The molecule has 1 atom stereocenters. The fourth-order valence-electron chi connectivity index (χ4n) is 2.43. The molecule has 0 N–H and O–H groups in total. The molecule has 1 aromatic carbocycles. The largest absolute Gasteiger partial charge is 0.282 e.